The van der Waals surface area contributed by atoms with Crippen molar-refractivity contribution < 1.29 is 13.6 Å². The van der Waals surface area contributed by atoms with Crippen molar-refractivity contribution >= 4 is 43.3 Å². The third-order valence-electron chi connectivity index (χ3n) is 11.5. The Labute approximate surface area is 321 Å². The van der Waals surface area contributed by atoms with Crippen LogP contribution in [0.2, 0.25) is 10.1 Å². The fourth-order valence-electron chi connectivity index (χ4n) is 8.66. The van der Waals surface area contributed by atoms with Gasteiger partial charge in [-0.25, -0.2) is 0 Å². The number of benzene rings is 4. The summed E-state index contributed by atoms with van der Waals surface area (Å²) in [5, 5.41) is 14.5. The van der Waals surface area contributed by atoms with E-state index in [0.29, 0.717) is 0 Å². The second-order valence-electron chi connectivity index (χ2n) is 17.0. The van der Waals surface area contributed by atoms with E-state index >= 15 is 0 Å². The molecule has 4 aromatic carbocycles. The van der Waals surface area contributed by atoms with E-state index in [9.17, 15) is 10.1 Å². The molecule has 0 bridgehead atoms. The molecule has 2 fully saturated rings. The number of nitrogens with two attached hydrogens (primary N) is 1. The Morgan fingerprint density at radius 2 is 0.830 bits per heavy atom. The zero-order valence-electron chi connectivity index (χ0n) is 32.8. The van der Waals surface area contributed by atoms with E-state index in [1.165, 1.54) is 20.7 Å². The van der Waals surface area contributed by atoms with Crippen molar-refractivity contribution in [3.8, 4) is 6.07 Å². The van der Waals surface area contributed by atoms with Crippen LogP contribution in [0.1, 0.15) is 92.9 Å². The zero-order chi connectivity index (χ0) is 38.1. The number of nitrogens with zero attached hydrogens (tertiary/aromatic N) is 1. The Hall–Kier alpha value is -3.81. The molecule has 0 atom stereocenters. The molecule has 6 rings (SSSR count). The molecule has 2 aliphatic rings. The van der Waals surface area contributed by atoms with Crippen LogP contribution in [0.5, 0.6) is 0 Å². The summed E-state index contributed by atoms with van der Waals surface area (Å²) in [5.41, 5.74) is 5.52. The first-order chi connectivity index (χ1) is 25.3. The van der Waals surface area contributed by atoms with Crippen molar-refractivity contribution in [3.05, 3.63) is 121 Å². The van der Waals surface area contributed by atoms with Crippen molar-refractivity contribution in [1.29, 1.82) is 5.26 Å². The minimum absolute atomic E-state index is 0.00371. The van der Waals surface area contributed by atoms with Crippen LogP contribution in [0, 0.1) is 23.2 Å². The van der Waals surface area contributed by atoms with E-state index in [-0.39, 0.29) is 40.0 Å². The van der Waals surface area contributed by atoms with Gasteiger partial charge >= 0.3 is 0 Å². The summed E-state index contributed by atoms with van der Waals surface area (Å²) >= 11 is 0. The monoisotopic (exact) mass is 744 g/mol. The van der Waals surface area contributed by atoms with Gasteiger partial charge in [0, 0.05) is 24.0 Å². The fraction of sp³-hybridized carbons (Fsp3) is 0.435. The van der Waals surface area contributed by atoms with E-state index in [1.807, 2.05) is 0 Å². The maximum absolute atomic E-state index is 11.5. The van der Waals surface area contributed by atoms with Gasteiger partial charge in [-0.2, -0.15) is 5.26 Å². The number of amides is 1. The molecule has 53 heavy (non-hydrogen) atoms. The standard InChI is InChI=1S/C23H31NO2Si.C23H29NOSi/c1-23(2,3)27(20-10-6-4-7-11-20,21-12-8-5-9-13-21)26-19-16-14-18(15-17-19)22(24)25;1-23(2,3)26(21-10-6-4-7-11-21,22-12-8-5-9-13-22)25-20-16-14-19(18-24)15-17-20/h4-13,18-19H,14-17H2,1-3H3,(H2,24,25);4-13,19-20H,14-17H2,1-3H3. The van der Waals surface area contributed by atoms with Crippen molar-refractivity contribution in [2.45, 2.75) is 115 Å². The molecule has 0 unspecified atom stereocenters. The highest BCUT2D eigenvalue weighted by Gasteiger charge is 2.53. The number of carbonyl (C=O) groups is 1. The lowest BCUT2D eigenvalue weighted by Crippen LogP contribution is -2.67. The molecule has 280 valence electrons. The molecule has 4 aromatic rings. The maximum atomic E-state index is 11.5. The predicted molar refractivity (Wildman–Crippen MR) is 224 cm³/mol. The Bertz CT molecular complexity index is 1670. The smallest absolute Gasteiger partial charge is 0.261 e. The summed E-state index contributed by atoms with van der Waals surface area (Å²) in [6.45, 7) is 13.9. The highest BCUT2D eigenvalue weighted by molar-refractivity contribution is 7.00. The molecule has 5 nitrogen and oxygen atoms in total. The Morgan fingerprint density at radius 1 is 0.547 bits per heavy atom. The van der Waals surface area contributed by atoms with Gasteiger partial charge in [0.1, 0.15) is 0 Å². The third-order valence-corrected chi connectivity index (χ3v) is 21.6. The topological polar surface area (TPSA) is 85.3 Å². The quantitative estimate of drug-likeness (QED) is 0.175. The molecule has 0 radical (unpaired) electrons. The first-order valence-electron chi connectivity index (χ1n) is 19.6. The summed E-state index contributed by atoms with van der Waals surface area (Å²) in [6, 6.07) is 45.5. The van der Waals surface area contributed by atoms with E-state index < -0.39 is 16.6 Å². The lowest BCUT2D eigenvalue weighted by atomic mass is 9.87. The molecule has 0 spiro atoms. The van der Waals surface area contributed by atoms with Crippen LogP contribution in [-0.2, 0) is 13.6 Å². The average molecular weight is 745 g/mol. The largest absolute Gasteiger partial charge is 0.404 e. The van der Waals surface area contributed by atoms with Gasteiger partial charge in [-0.15, -0.1) is 0 Å². The molecular formula is C46H60N2O3Si2. The van der Waals surface area contributed by atoms with Gasteiger partial charge in [0.25, 0.3) is 16.6 Å². The number of primary amides is 1. The lowest BCUT2D eigenvalue weighted by molar-refractivity contribution is -0.123. The van der Waals surface area contributed by atoms with Crippen LogP contribution >= 0.6 is 0 Å². The number of nitriles is 1. The number of carbonyl (C=O) groups excluding carboxylic acids is 1. The normalized spacial score (nSPS) is 21.1. The van der Waals surface area contributed by atoms with Gasteiger partial charge in [-0.3, -0.25) is 4.79 Å². The van der Waals surface area contributed by atoms with Gasteiger partial charge in [0.15, 0.2) is 0 Å². The van der Waals surface area contributed by atoms with Crippen molar-refractivity contribution in [2.24, 2.45) is 17.6 Å². The summed E-state index contributed by atoms with van der Waals surface area (Å²) in [6.07, 6.45) is 7.77. The fourth-order valence-corrected chi connectivity index (χ4v) is 18.2. The van der Waals surface area contributed by atoms with E-state index in [4.69, 9.17) is 14.6 Å². The van der Waals surface area contributed by atoms with Crippen LogP contribution in [-0.4, -0.2) is 34.7 Å². The van der Waals surface area contributed by atoms with Crippen LogP contribution in [0.25, 0.3) is 0 Å². The SMILES string of the molecule is CC(C)(C)[Si](OC1CCC(C#N)CC1)(c1ccccc1)c1ccccc1.CC(C)(C)[Si](OC1CCC(C(N)=O)CC1)(c1ccccc1)c1ccccc1. The molecule has 0 aromatic heterocycles. The Morgan fingerprint density at radius 3 is 1.08 bits per heavy atom. The molecular weight excluding hydrogens is 685 g/mol. The molecule has 2 aliphatic carbocycles. The maximum Gasteiger partial charge on any atom is 0.261 e. The molecule has 0 heterocycles. The van der Waals surface area contributed by atoms with E-state index in [1.54, 1.807) is 0 Å². The molecule has 0 saturated heterocycles. The van der Waals surface area contributed by atoms with Gasteiger partial charge in [-0.05, 0) is 82.2 Å². The molecule has 2 N–H and O–H groups in total. The van der Waals surface area contributed by atoms with Gasteiger partial charge in [-0.1, -0.05) is 163 Å². The summed E-state index contributed by atoms with van der Waals surface area (Å²) in [4.78, 5) is 11.5. The number of hydrogen-bond donors (Lipinski definition) is 1. The third kappa shape index (κ3) is 9.12. The predicted octanol–water partition coefficient (Wildman–Crippen LogP) is 8.25. The second-order valence-corrected chi connectivity index (χ2v) is 25.5. The lowest BCUT2D eigenvalue weighted by Gasteiger charge is -2.46. The number of rotatable bonds is 9. The second kappa shape index (κ2) is 17.6. The van der Waals surface area contributed by atoms with E-state index in [0.717, 1.165) is 51.4 Å². The van der Waals surface area contributed by atoms with Crippen LogP contribution in [0.15, 0.2) is 121 Å². The Kier molecular flexibility index (Phi) is 13.4. The molecule has 7 heteroatoms. The van der Waals surface area contributed by atoms with E-state index in [2.05, 4.69) is 169 Å². The first kappa shape index (κ1) is 40.4. The van der Waals surface area contributed by atoms with Crippen LogP contribution < -0.4 is 26.5 Å². The zero-order valence-corrected chi connectivity index (χ0v) is 34.8. The van der Waals surface area contributed by atoms with Crippen LogP contribution in [0.3, 0.4) is 0 Å². The van der Waals surface area contributed by atoms with Crippen molar-refractivity contribution in [3.63, 3.8) is 0 Å². The molecule has 0 aliphatic heterocycles. The Balaban J connectivity index is 0.000000204. The minimum Gasteiger partial charge on any atom is -0.404 e. The average Bonchev–Trinajstić information content (AvgIpc) is 3.17. The minimum atomic E-state index is -2.50. The van der Waals surface area contributed by atoms with Gasteiger partial charge in [0.2, 0.25) is 5.91 Å². The summed E-state index contributed by atoms with van der Waals surface area (Å²) < 4.78 is 14.3. The van der Waals surface area contributed by atoms with Gasteiger partial charge < -0.3 is 14.6 Å². The summed E-state index contributed by atoms with van der Waals surface area (Å²) in [7, 11) is -4.95. The van der Waals surface area contributed by atoms with Gasteiger partial charge in [0.05, 0.1) is 6.07 Å². The highest BCUT2D eigenvalue weighted by atomic mass is 28.4. The molecule has 1 amide bonds. The van der Waals surface area contributed by atoms with Crippen LogP contribution in [0.4, 0.5) is 0 Å². The molecule has 2 saturated carbocycles. The number of hydrogen-bond acceptors (Lipinski definition) is 4. The summed E-state index contributed by atoms with van der Waals surface area (Å²) in [5.74, 6) is 0.0388. The highest BCUT2D eigenvalue weighted by Crippen LogP contribution is 2.41. The first-order valence-corrected chi connectivity index (χ1v) is 23.4. The van der Waals surface area contributed by atoms with Crippen molar-refractivity contribution in [1.82, 2.24) is 0 Å². The van der Waals surface area contributed by atoms with Crippen molar-refractivity contribution in [2.75, 3.05) is 0 Å².